The van der Waals surface area contributed by atoms with Crippen molar-refractivity contribution in [2.45, 2.75) is 39.2 Å². The number of thioether (sulfide) groups is 1. The van der Waals surface area contributed by atoms with Crippen LogP contribution in [0.5, 0.6) is 0 Å². The third kappa shape index (κ3) is 8.36. The summed E-state index contributed by atoms with van der Waals surface area (Å²) < 4.78 is 0. The second kappa shape index (κ2) is 10.2. The van der Waals surface area contributed by atoms with E-state index in [1.165, 1.54) is 11.8 Å². The molecule has 1 unspecified atom stereocenters. The molecule has 0 rings (SSSR count). The molecule has 18 heavy (non-hydrogen) atoms. The predicted molar refractivity (Wildman–Crippen MR) is 74.2 cm³/mol. The number of rotatable bonds is 10. The molecule has 0 aliphatic heterocycles. The van der Waals surface area contributed by atoms with Crippen molar-refractivity contribution in [3.63, 3.8) is 0 Å². The van der Waals surface area contributed by atoms with Gasteiger partial charge in [0.2, 0.25) is 11.8 Å². The van der Waals surface area contributed by atoms with Crippen molar-refractivity contribution in [2.75, 3.05) is 18.1 Å². The molecule has 0 radical (unpaired) electrons. The van der Waals surface area contributed by atoms with E-state index in [0.29, 0.717) is 18.7 Å². The second-order valence-electron chi connectivity index (χ2n) is 4.22. The molecular formula is C12H24N2O3S. The van der Waals surface area contributed by atoms with Crippen molar-refractivity contribution < 1.29 is 14.7 Å². The summed E-state index contributed by atoms with van der Waals surface area (Å²) in [6.07, 6.45) is 1.67. The minimum absolute atomic E-state index is 0.100. The van der Waals surface area contributed by atoms with Crippen molar-refractivity contribution in [2.24, 2.45) is 11.7 Å². The maximum absolute atomic E-state index is 11.4. The first-order valence-corrected chi connectivity index (χ1v) is 7.47. The highest BCUT2D eigenvalue weighted by Crippen LogP contribution is 2.12. The molecule has 0 aromatic rings. The molecule has 0 bridgehead atoms. The van der Waals surface area contributed by atoms with Crippen LogP contribution in [-0.2, 0) is 9.59 Å². The first-order valence-electron chi connectivity index (χ1n) is 6.32. The van der Waals surface area contributed by atoms with Gasteiger partial charge in [0.1, 0.15) is 0 Å². The minimum atomic E-state index is -0.484. The third-order valence-electron chi connectivity index (χ3n) is 2.82. The molecule has 0 aromatic carbocycles. The topological polar surface area (TPSA) is 92.4 Å². The van der Waals surface area contributed by atoms with Crippen LogP contribution >= 0.6 is 11.8 Å². The van der Waals surface area contributed by atoms with Gasteiger partial charge in [-0.05, 0) is 5.92 Å². The monoisotopic (exact) mass is 276 g/mol. The maximum atomic E-state index is 11.4. The molecule has 0 aromatic heterocycles. The van der Waals surface area contributed by atoms with Crippen molar-refractivity contribution >= 4 is 23.6 Å². The van der Waals surface area contributed by atoms with E-state index >= 15 is 0 Å². The Bertz CT molecular complexity index is 258. The smallest absolute Gasteiger partial charge is 0.227 e. The van der Waals surface area contributed by atoms with E-state index < -0.39 is 6.10 Å². The van der Waals surface area contributed by atoms with Crippen LogP contribution in [0.1, 0.15) is 33.1 Å². The predicted octanol–water partition coefficient (Wildman–Crippen LogP) is 0.508. The summed E-state index contributed by atoms with van der Waals surface area (Å²) >= 11 is 1.34. The van der Waals surface area contributed by atoms with Crippen molar-refractivity contribution in [3.05, 3.63) is 0 Å². The highest BCUT2D eigenvalue weighted by molar-refractivity contribution is 7.99. The van der Waals surface area contributed by atoms with E-state index in [2.05, 4.69) is 5.32 Å². The number of carbonyl (C=O) groups excluding carboxylic acids is 2. The summed E-state index contributed by atoms with van der Waals surface area (Å²) in [6.45, 7) is 4.35. The van der Waals surface area contributed by atoms with Crippen LogP contribution in [0, 0.1) is 5.92 Å². The largest absolute Gasteiger partial charge is 0.391 e. The fourth-order valence-corrected chi connectivity index (χ4v) is 2.32. The van der Waals surface area contributed by atoms with Gasteiger partial charge in [-0.3, -0.25) is 9.59 Å². The Morgan fingerprint density at radius 3 is 2.44 bits per heavy atom. The van der Waals surface area contributed by atoms with E-state index in [9.17, 15) is 14.7 Å². The van der Waals surface area contributed by atoms with Gasteiger partial charge in [0.15, 0.2) is 0 Å². The first kappa shape index (κ1) is 17.2. The van der Waals surface area contributed by atoms with Gasteiger partial charge in [-0.15, -0.1) is 0 Å². The summed E-state index contributed by atoms with van der Waals surface area (Å²) in [6, 6.07) is 0. The Morgan fingerprint density at radius 1 is 1.33 bits per heavy atom. The van der Waals surface area contributed by atoms with Crippen molar-refractivity contribution in [1.82, 2.24) is 5.32 Å². The number of primary amides is 1. The average molecular weight is 276 g/mol. The van der Waals surface area contributed by atoms with Crippen molar-refractivity contribution in [3.8, 4) is 0 Å². The standard InChI is InChI=1S/C12H24N2O3S/c1-3-9(4-2)10(15)7-14-12(17)5-6-18-8-11(13)16/h9-10,15H,3-8H2,1-2H3,(H2,13,16)(H,14,17). The Balaban J connectivity index is 3.66. The summed E-state index contributed by atoms with van der Waals surface area (Å²) in [5.74, 6) is 0.565. The molecule has 0 spiro atoms. The quantitative estimate of drug-likeness (QED) is 0.507. The lowest BCUT2D eigenvalue weighted by Gasteiger charge is -2.20. The number of hydrogen-bond acceptors (Lipinski definition) is 4. The summed E-state index contributed by atoms with van der Waals surface area (Å²) in [5, 5.41) is 12.5. The average Bonchev–Trinajstić information content (AvgIpc) is 2.33. The molecule has 106 valence electrons. The van der Waals surface area contributed by atoms with Crippen LogP contribution in [-0.4, -0.2) is 41.1 Å². The summed E-state index contributed by atoms with van der Waals surface area (Å²) in [5.41, 5.74) is 4.98. The minimum Gasteiger partial charge on any atom is -0.391 e. The van der Waals surface area contributed by atoms with Gasteiger partial charge in [-0.25, -0.2) is 0 Å². The summed E-state index contributed by atoms with van der Waals surface area (Å²) in [4.78, 5) is 21.9. The lowest BCUT2D eigenvalue weighted by atomic mass is 9.96. The molecule has 0 fully saturated rings. The molecule has 0 aliphatic carbocycles. The highest BCUT2D eigenvalue weighted by Gasteiger charge is 2.15. The molecule has 0 heterocycles. The van der Waals surface area contributed by atoms with E-state index in [1.54, 1.807) is 0 Å². The van der Waals surface area contributed by atoms with Crippen molar-refractivity contribution in [1.29, 1.82) is 0 Å². The Labute approximate surface area is 113 Å². The lowest BCUT2D eigenvalue weighted by molar-refractivity contribution is -0.121. The van der Waals surface area contributed by atoms with Crippen LogP contribution in [0.3, 0.4) is 0 Å². The molecule has 5 nitrogen and oxygen atoms in total. The Kier molecular flexibility index (Phi) is 9.77. The lowest BCUT2D eigenvalue weighted by Crippen LogP contribution is -2.36. The maximum Gasteiger partial charge on any atom is 0.227 e. The van der Waals surface area contributed by atoms with E-state index in [0.717, 1.165) is 12.8 Å². The van der Waals surface area contributed by atoms with E-state index in [1.807, 2.05) is 13.8 Å². The van der Waals surface area contributed by atoms with Gasteiger partial charge in [0.05, 0.1) is 11.9 Å². The first-order chi connectivity index (χ1) is 8.51. The van der Waals surface area contributed by atoms with Crippen LogP contribution in [0.15, 0.2) is 0 Å². The zero-order valence-electron chi connectivity index (χ0n) is 11.1. The molecule has 4 N–H and O–H groups in total. The molecule has 6 heteroatoms. The fraction of sp³-hybridized carbons (Fsp3) is 0.833. The van der Waals surface area contributed by atoms with Gasteiger partial charge in [0.25, 0.3) is 0 Å². The molecule has 2 amide bonds. The van der Waals surface area contributed by atoms with Gasteiger partial charge in [-0.1, -0.05) is 26.7 Å². The van der Waals surface area contributed by atoms with E-state index in [4.69, 9.17) is 5.73 Å². The van der Waals surface area contributed by atoms with Gasteiger partial charge >= 0.3 is 0 Å². The number of amides is 2. The summed E-state index contributed by atoms with van der Waals surface area (Å²) in [7, 11) is 0. The fourth-order valence-electron chi connectivity index (χ4n) is 1.64. The molecule has 0 aliphatic rings. The number of nitrogens with one attached hydrogen (secondary N) is 1. The third-order valence-corrected chi connectivity index (χ3v) is 3.80. The van der Waals surface area contributed by atoms with Gasteiger partial charge in [0, 0.05) is 18.7 Å². The molecule has 1 atom stereocenters. The van der Waals surface area contributed by atoms with Crippen LogP contribution in [0.4, 0.5) is 0 Å². The normalized spacial score (nSPS) is 12.4. The number of hydrogen-bond donors (Lipinski definition) is 3. The molecule has 0 saturated carbocycles. The number of nitrogens with two attached hydrogens (primary N) is 1. The van der Waals surface area contributed by atoms with Crippen LogP contribution < -0.4 is 11.1 Å². The zero-order chi connectivity index (χ0) is 14.0. The number of aliphatic hydroxyl groups is 1. The SMILES string of the molecule is CCC(CC)C(O)CNC(=O)CCSCC(N)=O. The van der Waals surface area contributed by atoms with Crippen LogP contribution in [0.2, 0.25) is 0 Å². The number of carbonyl (C=O) groups is 2. The highest BCUT2D eigenvalue weighted by atomic mass is 32.2. The van der Waals surface area contributed by atoms with Crippen LogP contribution in [0.25, 0.3) is 0 Å². The van der Waals surface area contributed by atoms with E-state index in [-0.39, 0.29) is 23.5 Å². The van der Waals surface area contributed by atoms with Gasteiger partial charge < -0.3 is 16.2 Å². The molecule has 0 saturated heterocycles. The Hall–Kier alpha value is -0.750. The zero-order valence-corrected chi connectivity index (χ0v) is 12.0. The molecular weight excluding hydrogens is 252 g/mol. The Morgan fingerprint density at radius 2 is 1.94 bits per heavy atom. The van der Waals surface area contributed by atoms with Gasteiger partial charge in [-0.2, -0.15) is 11.8 Å². The number of aliphatic hydroxyl groups excluding tert-OH is 1. The second-order valence-corrected chi connectivity index (χ2v) is 5.32.